The van der Waals surface area contributed by atoms with E-state index in [1.54, 1.807) is 12.3 Å². The van der Waals surface area contributed by atoms with E-state index in [4.69, 9.17) is 11.1 Å². The zero-order valence-electron chi connectivity index (χ0n) is 9.04. The Morgan fingerprint density at radius 3 is 3.00 bits per heavy atom. The second-order valence-corrected chi connectivity index (χ2v) is 5.04. The van der Waals surface area contributed by atoms with Crippen LogP contribution in [0.25, 0.3) is 0 Å². The minimum atomic E-state index is -0.0687. The molecule has 88 valence electrons. The molecular formula is C9H10N6S2. The minimum Gasteiger partial charge on any atom is -0.382 e. The molecule has 0 aliphatic heterocycles. The molecule has 0 bridgehead atoms. The highest BCUT2D eigenvalue weighted by molar-refractivity contribution is 8.00. The average Bonchev–Trinajstić information content (AvgIpc) is 2.77. The third kappa shape index (κ3) is 2.98. The molecule has 2 rings (SSSR count). The highest BCUT2D eigenvalue weighted by Crippen LogP contribution is 2.25. The number of aryl methyl sites for hydroxylation is 1. The van der Waals surface area contributed by atoms with Gasteiger partial charge in [0, 0.05) is 12.6 Å². The molecule has 0 aliphatic carbocycles. The zero-order valence-corrected chi connectivity index (χ0v) is 10.7. The fourth-order valence-corrected chi connectivity index (χ4v) is 2.59. The number of nitrogens with zero attached hydrogens (tertiary/aromatic N) is 4. The van der Waals surface area contributed by atoms with Crippen LogP contribution in [-0.2, 0) is 6.42 Å². The number of amidine groups is 1. The molecule has 2 aromatic heterocycles. The molecule has 0 radical (unpaired) electrons. The summed E-state index contributed by atoms with van der Waals surface area (Å²) in [6.45, 7) is 2.00. The first-order chi connectivity index (χ1) is 8.19. The lowest BCUT2D eigenvalue weighted by atomic mass is 10.4. The molecule has 0 fully saturated rings. The van der Waals surface area contributed by atoms with Crippen molar-refractivity contribution < 1.29 is 0 Å². The van der Waals surface area contributed by atoms with E-state index in [0.717, 1.165) is 16.6 Å². The summed E-state index contributed by atoms with van der Waals surface area (Å²) in [6, 6.07) is 1.60. The van der Waals surface area contributed by atoms with Gasteiger partial charge in [0.25, 0.3) is 0 Å². The van der Waals surface area contributed by atoms with Gasteiger partial charge in [0.2, 0.25) is 0 Å². The Morgan fingerprint density at radius 2 is 2.35 bits per heavy atom. The summed E-state index contributed by atoms with van der Waals surface area (Å²) < 4.78 is 4.97. The van der Waals surface area contributed by atoms with Crippen LogP contribution in [0.15, 0.2) is 21.8 Å². The molecule has 0 spiro atoms. The maximum Gasteiger partial charge on any atom is 0.195 e. The fraction of sp³-hybridized carbons (Fsp3) is 0.222. The first kappa shape index (κ1) is 11.9. The summed E-state index contributed by atoms with van der Waals surface area (Å²) in [5, 5.41) is 7.82. The first-order valence-corrected chi connectivity index (χ1v) is 6.46. The van der Waals surface area contributed by atoms with E-state index in [-0.39, 0.29) is 5.84 Å². The lowest BCUT2D eigenvalue weighted by molar-refractivity contribution is 0.942. The van der Waals surface area contributed by atoms with Gasteiger partial charge in [-0.25, -0.2) is 15.0 Å². The van der Waals surface area contributed by atoms with E-state index >= 15 is 0 Å². The van der Waals surface area contributed by atoms with Gasteiger partial charge >= 0.3 is 0 Å². The largest absolute Gasteiger partial charge is 0.382 e. The first-order valence-electron chi connectivity index (χ1n) is 4.87. The second-order valence-electron chi connectivity index (χ2n) is 3.07. The van der Waals surface area contributed by atoms with Crippen molar-refractivity contribution in [2.45, 2.75) is 22.8 Å². The van der Waals surface area contributed by atoms with Gasteiger partial charge in [0.05, 0.1) is 0 Å². The molecule has 0 atom stereocenters. The Balaban J connectivity index is 2.18. The monoisotopic (exact) mass is 266 g/mol. The number of hydrogen-bond donors (Lipinski definition) is 2. The van der Waals surface area contributed by atoms with Crippen molar-refractivity contribution in [3.05, 3.63) is 23.8 Å². The predicted molar refractivity (Wildman–Crippen MR) is 66.5 cm³/mol. The lowest BCUT2D eigenvalue weighted by Gasteiger charge is -1.98. The standard InChI is InChI=1S/C9H10N6S2/c1-2-6-14-9(17-15-6)16-8-12-4-3-5(13-8)7(10)11/h3-4H,2H2,1H3,(H3,10,11). The van der Waals surface area contributed by atoms with Crippen molar-refractivity contribution in [3.63, 3.8) is 0 Å². The van der Waals surface area contributed by atoms with Crippen LogP contribution in [0, 0.1) is 5.41 Å². The molecular weight excluding hydrogens is 256 g/mol. The fourth-order valence-electron chi connectivity index (χ4n) is 1.04. The van der Waals surface area contributed by atoms with Crippen LogP contribution in [-0.4, -0.2) is 25.2 Å². The van der Waals surface area contributed by atoms with Gasteiger partial charge in [-0.15, -0.1) is 0 Å². The molecule has 0 aliphatic rings. The summed E-state index contributed by atoms with van der Waals surface area (Å²) in [6.07, 6.45) is 2.39. The summed E-state index contributed by atoms with van der Waals surface area (Å²) in [4.78, 5) is 12.5. The van der Waals surface area contributed by atoms with E-state index in [2.05, 4.69) is 19.3 Å². The van der Waals surface area contributed by atoms with Crippen molar-refractivity contribution in [2.24, 2.45) is 5.73 Å². The Labute approximate surface area is 106 Å². The van der Waals surface area contributed by atoms with Crippen molar-refractivity contribution in [1.29, 1.82) is 5.41 Å². The maximum atomic E-state index is 7.30. The van der Waals surface area contributed by atoms with Crippen LogP contribution in [0.3, 0.4) is 0 Å². The molecule has 3 N–H and O–H groups in total. The van der Waals surface area contributed by atoms with Crippen LogP contribution in [0.4, 0.5) is 0 Å². The summed E-state index contributed by atoms with van der Waals surface area (Å²) in [5.41, 5.74) is 5.78. The molecule has 0 saturated carbocycles. The smallest absolute Gasteiger partial charge is 0.195 e. The average molecular weight is 266 g/mol. The topological polar surface area (TPSA) is 101 Å². The number of nitrogens with two attached hydrogens (primary N) is 1. The summed E-state index contributed by atoms with van der Waals surface area (Å²) >= 11 is 2.65. The van der Waals surface area contributed by atoms with E-state index < -0.39 is 0 Å². The van der Waals surface area contributed by atoms with E-state index in [1.807, 2.05) is 6.92 Å². The number of nitrogens with one attached hydrogen (secondary N) is 1. The minimum absolute atomic E-state index is 0.0687. The van der Waals surface area contributed by atoms with Crippen LogP contribution in [0.1, 0.15) is 18.4 Å². The van der Waals surface area contributed by atoms with Crippen molar-refractivity contribution >= 4 is 29.1 Å². The molecule has 0 amide bonds. The van der Waals surface area contributed by atoms with Gasteiger partial charge in [-0.1, -0.05) is 6.92 Å². The Kier molecular flexibility index (Phi) is 3.64. The molecule has 0 aromatic carbocycles. The maximum absolute atomic E-state index is 7.30. The molecule has 8 heteroatoms. The van der Waals surface area contributed by atoms with Gasteiger partial charge in [-0.05, 0) is 29.4 Å². The normalized spacial score (nSPS) is 10.4. The van der Waals surface area contributed by atoms with Crippen molar-refractivity contribution in [3.8, 4) is 0 Å². The van der Waals surface area contributed by atoms with Crippen molar-refractivity contribution in [2.75, 3.05) is 0 Å². The number of nitrogen functional groups attached to an aromatic ring is 1. The Hall–Kier alpha value is -1.54. The zero-order chi connectivity index (χ0) is 12.3. The predicted octanol–water partition coefficient (Wildman–Crippen LogP) is 1.33. The Morgan fingerprint density at radius 1 is 1.53 bits per heavy atom. The third-order valence-corrected chi connectivity index (χ3v) is 3.52. The SMILES string of the molecule is CCc1nsc(Sc2nccc(C(=N)N)n2)n1. The van der Waals surface area contributed by atoms with Gasteiger partial charge in [0.15, 0.2) is 9.50 Å². The van der Waals surface area contributed by atoms with Gasteiger partial charge in [-0.3, -0.25) is 5.41 Å². The number of aromatic nitrogens is 4. The van der Waals surface area contributed by atoms with E-state index in [1.165, 1.54) is 23.3 Å². The van der Waals surface area contributed by atoms with Gasteiger partial charge in [-0.2, -0.15) is 4.37 Å². The second kappa shape index (κ2) is 5.19. The van der Waals surface area contributed by atoms with Crippen LogP contribution in [0.2, 0.25) is 0 Å². The van der Waals surface area contributed by atoms with Crippen molar-refractivity contribution in [1.82, 2.24) is 19.3 Å². The van der Waals surface area contributed by atoms with Gasteiger partial charge < -0.3 is 5.73 Å². The molecule has 17 heavy (non-hydrogen) atoms. The van der Waals surface area contributed by atoms with Crippen LogP contribution >= 0.6 is 23.3 Å². The van der Waals surface area contributed by atoms with E-state index in [9.17, 15) is 0 Å². The molecule has 2 aromatic rings. The third-order valence-electron chi connectivity index (χ3n) is 1.85. The molecule has 0 unspecified atom stereocenters. The highest BCUT2D eigenvalue weighted by Gasteiger charge is 2.08. The molecule has 6 nitrogen and oxygen atoms in total. The molecule has 2 heterocycles. The lowest BCUT2D eigenvalue weighted by Crippen LogP contribution is -2.13. The summed E-state index contributed by atoms with van der Waals surface area (Å²) in [5.74, 6) is 0.751. The molecule has 0 saturated heterocycles. The quantitative estimate of drug-likeness (QED) is 0.491. The highest BCUT2D eigenvalue weighted by atomic mass is 32.2. The summed E-state index contributed by atoms with van der Waals surface area (Å²) in [7, 11) is 0. The van der Waals surface area contributed by atoms with Crippen LogP contribution in [0.5, 0.6) is 0 Å². The number of rotatable bonds is 4. The van der Waals surface area contributed by atoms with Gasteiger partial charge in [0.1, 0.15) is 17.4 Å². The Bertz CT molecular complexity index is 538. The number of hydrogen-bond acceptors (Lipinski definition) is 7. The van der Waals surface area contributed by atoms with E-state index in [0.29, 0.717) is 10.9 Å². The van der Waals surface area contributed by atoms with Crippen LogP contribution < -0.4 is 5.73 Å².